The molecule has 2 nitrogen and oxygen atoms in total. The number of methoxy groups -OCH3 is 1. The molecule has 0 aliphatic rings. The summed E-state index contributed by atoms with van der Waals surface area (Å²) in [7, 11) is 1.67. The molecule has 0 unspecified atom stereocenters. The van der Waals surface area contributed by atoms with E-state index in [9.17, 15) is 0 Å². The van der Waals surface area contributed by atoms with Crippen LogP contribution in [-0.2, 0) is 6.42 Å². The van der Waals surface area contributed by atoms with Crippen LogP contribution in [0.1, 0.15) is 18.4 Å². The van der Waals surface area contributed by atoms with Crippen molar-refractivity contribution in [1.29, 1.82) is 0 Å². The van der Waals surface area contributed by atoms with Crippen molar-refractivity contribution in [2.75, 3.05) is 13.7 Å². The molecule has 2 heteroatoms. The molecule has 1 rings (SSSR count). The predicted molar refractivity (Wildman–Crippen MR) is 52.9 cm³/mol. The molecule has 0 heterocycles. The molecule has 2 radical (unpaired) electrons. The maximum Gasteiger partial charge on any atom is 0.118 e. The first-order valence-electron chi connectivity index (χ1n) is 4.60. The van der Waals surface area contributed by atoms with Crippen LogP contribution in [0.5, 0.6) is 5.75 Å². The number of unbranched alkanes of at least 4 members (excludes halogenated alkanes) is 1. The second-order valence-corrected chi connectivity index (χ2v) is 3.03. The minimum absolute atomic E-state index is 0.288. The predicted octanol–water partition coefficient (Wildman–Crippen LogP) is 2.09. The van der Waals surface area contributed by atoms with Crippen molar-refractivity contribution in [1.82, 2.24) is 5.73 Å². The molecule has 0 aromatic heterocycles. The molecule has 70 valence electrons. The SMILES string of the molecule is COc1ccc(CCCC[N])cc1. The molecule has 0 saturated carbocycles. The zero-order chi connectivity index (χ0) is 9.52. The largest absolute Gasteiger partial charge is 0.497 e. The first kappa shape index (κ1) is 10.1. The van der Waals surface area contributed by atoms with E-state index in [4.69, 9.17) is 10.5 Å². The second-order valence-electron chi connectivity index (χ2n) is 3.03. The molecular formula is C11H15NO. The minimum Gasteiger partial charge on any atom is -0.497 e. The highest BCUT2D eigenvalue weighted by molar-refractivity contribution is 5.27. The molecule has 13 heavy (non-hydrogen) atoms. The van der Waals surface area contributed by atoms with Gasteiger partial charge in [0.25, 0.3) is 0 Å². The summed E-state index contributed by atoms with van der Waals surface area (Å²) in [5.74, 6) is 0.894. The van der Waals surface area contributed by atoms with Gasteiger partial charge >= 0.3 is 0 Å². The fourth-order valence-corrected chi connectivity index (χ4v) is 1.23. The van der Waals surface area contributed by atoms with Crippen molar-refractivity contribution < 1.29 is 4.74 Å². The van der Waals surface area contributed by atoms with Crippen molar-refractivity contribution in [3.05, 3.63) is 29.8 Å². The topological polar surface area (TPSA) is 31.5 Å². The van der Waals surface area contributed by atoms with Gasteiger partial charge in [-0.05, 0) is 37.0 Å². The monoisotopic (exact) mass is 177 g/mol. The number of benzene rings is 1. The van der Waals surface area contributed by atoms with Gasteiger partial charge in [0.15, 0.2) is 0 Å². The van der Waals surface area contributed by atoms with Crippen LogP contribution in [0.25, 0.3) is 0 Å². The Balaban J connectivity index is 2.40. The van der Waals surface area contributed by atoms with Crippen LogP contribution in [0.4, 0.5) is 0 Å². The molecule has 0 spiro atoms. The molecule has 0 saturated heterocycles. The van der Waals surface area contributed by atoms with Crippen molar-refractivity contribution in [3.8, 4) is 5.75 Å². The van der Waals surface area contributed by atoms with Crippen LogP contribution in [0, 0.1) is 0 Å². The van der Waals surface area contributed by atoms with Gasteiger partial charge in [0.1, 0.15) is 5.75 Å². The molecule has 0 fully saturated rings. The molecular weight excluding hydrogens is 162 g/mol. The van der Waals surface area contributed by atoms with E-state index in [1.807, 2.05) is 12.1 Å². The Kier molecular flexibility index (Phi) is 4.33. The number of hydrogen-bond acceptors (Lipinski definition) is 1. The third-order valence-electron chi connectivity index (χ3n) is 2.03. The number of hydrogen-bond donors (Lipinski definition) is 0. The Morgan fingerprint density at radius 3 is 2.38 bits per heavy atom. The van der Waals surface area contributed by atoms with E-state index in [1.54, 1.807) is 7.11 Å². The van der Waals surface area contributed by atoms with Crippen molar-refractivity contribution in [2.45, 2.75) is 19.3 Å². The summed E-state index contributed by atoms with van der Waals surface area (Å²) >= 11 is 0. The van der Waals surface area contributed by atoms with Gasteiger partial charge in [-0.25, -0.2) is 0 Å². The summed E-state index contributed by atoms with van der Waals surface area (Å²) < 4.78 is 5.05. The number of ether oxygens (including phenoxy) is 1. The van der Waals surface area contributed by atoms with Crippen molar-refractivity contribution in [3.63, 3.8) is 0 Å². The Labute approximate surface area is 79.7 Å². The number of nitrogens with zero attached hydrogens (tertiary/aromatic N) is 1. The molecule has 0 bridgehead atoms. The molecule has 0 N–H and O–H groups in total. The van der Waals surface area contributed by atoms with Crippen LogP contribution < -0.4 is 10.5 Å². The van der Waals surface area contributed by atoms with Gasteiger partial charge < -0.3 is 4.74 Å². The Morgan fingerprint density at radius 2 is 1.85 bits per heavy atom. The van der Waals surface area contributed by atoms with Crippen LogP contribution in [0.2, 0.25) is 0 Å². The Hall–Kier alpha value is -1.02. The van der Waals surface area contributed by atoms with Gasteiger partial charge in [0, 0.05) is 6.54 Å². The maximum absolute atomic E-state index is 8.61. The molecule has 1 aromatic rings. The second kappa shape index (κ2) is 5.60. The quantitative estimate of drug-likeness (QED) is 0.633. The molecule has 0 aliphatic carbocycles. The summed E-state index contributed by atoms with van der Waals surface area (Å²) in [6.45, 7) is 0.288. The Bertz CT molecular complexity index is 230. The standard InChI is InChI=1S/C11H15NO/c1-13-11-7-5-10(6-8-11)4-2-3-9-12/h5-8H,2-4,9H2,1H3. The zero-order valence-electron chi connectivity index (χ0n) is 7.99. The first-order valence-corrected chi connectivity index (χ1v) is 4.60. The van der Waals surface area contributed by atoms with E-state index in [-0.39, 0.29) is 6.54 Å². The van der Waals surface area contributed by atoms with Crippen LogP contribution in [0.15, 0.2) is 24.3 Å². The highest BCUT2D eigenvalue weighted by atomic mass is 16.5. The molecule has 0 atom stereocenters. The van der Waals surface area contributed by atoms with Gasteiger partial charge in [0.2, 0.25) is 0 Å². The maximum atomic E-state index is 8.61. The summed E-state index contributed by atoms with van der Waals surface area (Å²) in [4.78, 5) is 0. The lowest BCUT2D eigenvalue weighted by molar-refractivity contribution is 0.414. The van der Waals surface area contributed by atoms with E-state index in [0.29, 0.717) is 0 Å². The number of aryl methyl sites for hydroxylation is 1. The summed E-state index contributed by atoms with van der Waals surface area (Å²) in [6, 6.07) is 8.06. The highest BCUT2D eigenvalue weighted by Crippen LogP contribution is 2.12. The van der Waals surface area contributed by atoms with Crippen molar-refractivity contribution >= 4 is 0 Å². The van der Waals surface area contributed by atoms with E-state index >= 15 is 0 Å². The van der Waals surface area contributed by atoms with Crippen LogP contribution in [-0.4, -0.2) is 13.7 Å². The molecule has 0 aliphatic heterocycles. The molecule has 1 aromatic carbocycles. The van der Waals surface area contributed by atoms with Gasteiger partial charge in [0.05, 0.1) is 7.11 Å². The van der Waals surface area contributed by atoms with Crippen LogP contribution >= 0.6 is 0 Å². The van der Waals surface area contributed by atoms with Gasteiger partial charge in [-0.2, -0.15) is 0 Å². The lowest BCUT2D eigenvalue weighted by Gasteiger charge is -2.02. The fourth-order valence-electron chi connectivity index (χ4n) is 1.23. The first-order chi connectivity index (χ1) is 6.36. The Morgan fingerprint density at radius 1 is 1.15 bits per heavy atom. The fraction of sp³-hybridized carbons (Fsp3) is 0.455. The third-order valence-corrected chi connectivity index (χ3v) is 2.03. The van der Waals surface area contributed by atoms with Gasteiger partial charge in [-0.3, -0.25) is 0 Å². The van der Waals surface area contributed by atoms with E-state index in [2.05, 4.69) is 12.1 Å². The van der Waals surface area contributed by atoms with E-state index in [0.717, 1.165) is 25.0 Å². The third kappa shape index (κ3) is 3.47. The highest BCUT2D eigenvalue weighted by Gasteiger charge is 1.94. The summed E-state index contributed by atoms with van der Waals surface area (Å²) in [5, 5.41) is 0. The van der Waals surface area contributed by atoms with E-state index < -0.39 is 0 Å². The zero-order valence-corrected chi connectivity index (χ0v) is 7.99. The normalized spacial score (nSPS) is 10.0. The lowest BCUT2D eigenvalue weighted by atomic mass is 10.1. The van der Waals surface area contributed by atoms with Gasteiger partial charge in [-0.15, -0.1) is 5.73 Å². The number of rotatable bonds is 5. The summed E-state index contributed by atoms with van der Waals surface area (Å²) in [5.41, 5.74) is 9.91. The lowest BCUT2D eigenvalue weighted by Crippen LogP contribution is -1.90. The van der Waals surface area contributed by atoms with Crippen LogP contribution in [0.3, 0.4) is 0 Å². The average molecular weight is 177 g/mol. The van der Waals surface area contributed by atoms with Gasteiger partial charge in [-0.1, -0.05) is 12.1 Å². The van der Waals surface area contributed by atoms with Crippen molar-refractivity contribution in [2.24, 2.45) is 0 Å². The summed E-state index contributed by atoms with van der Waals surface area (Å²) in [6.07, 6.45) is 2.96. The molecule has 0 amide bonds. The average Bonchev–Trinajstić information content (AvgIpc) is 2.19. The minimum atomic E-state index is 0.288. The van der Waals surface area contributed by atoms with E-state index in [1.165, 1.54) is 5.56 Å². The smallest absolute Gasteiger partial charge is 0.118 e.